The number of hydrogen-bond donors (Lipinski definition) is 2. The third-order valence-corrected chi connectivity index (χ3v) is 11.3. The van der Waals surface area contributed by atoms with Crippen LogP contribution in [-0.4, -0.2) is 94.4 Å². The molecule has 3 heterocycles. The van der Waals surface area contributed by atoms with E-state index in [0.29, 0.717) is 50.9 Å². The second-order valence-corrected chi connectivity index (χ2v) is 13.7. The van der Waals surface area contributed by atoms with Crippen LogP contribution in [0, 0.1) is 23.7 Å². The molecule has 0 bridgehead atoms. The lowest BCUT2D eigenvalue weighted by Gasteiger charge is -2.44. The SMILES string of the molecule is O=C(C1CCC(C2CCC3NC(C(F)(F)F)C(C4CCCCCC4)N3C2)CC1)N1CCN(C(=O)C2(O)CC2)CC1. The van der Waals surface area contributed by atoms with Crippen LogP contribution in [0.4, 0.5) is 13.2 Å². The van der Waals surface area contributed by atoms with Crippen molar-refractivity contribution in [3.05, 3.63) is 0 Å². The Bertz CT molecular complexity index is 920. The Balaban J connectivity index is 1.02. The van der Waals surface area contributed by atoms with E-state index in [-0.39, 0.29) is 29.8 Å². The van der Waals surface area contributed by atoms with Crippen molar-refractivity contribution < 1.29 is 27.9 Å². The summed E-state index contributed by atoms with van der Waals surface area (Å²) >= 11 is 0. The van der Waals surface area contributed by atoms with E-state index >= 15 is 0 Å². The van der Waals surface area contributed by atoms with Crippen LogP contribution in [0.5, 0.6) is 0 Å². The van der Waals surface area contributed by atoms with Gasteiger partial charge in [0.1, 0.15) is 11.6 Å². The van der Waals surface area contributed by atoms with Crippen LogP contribution < -0.4 is 5.32 Å². The van der Waals surface area contributed by atoms with Gasteiger partial charge < -0.3 is 14.9 Å². The zero-order valence-corrected chi connectivity index (χ0v) is 23.7. The lowest BCUT2D eigenvalue weighted by molar-refractivity contribution is -0.162. The molecule has 6 rings (SSSR count). The molecule has 4 atom stereocenters. The zero-order valence-electron chi connectivity index (χ0n) is 23.7. The topological polar surface area (TPSA) is 76.1 Å². The molecule has 0 aromatic rings. The lowest BCUT2D eigenvalue weighted by atomic mass is 9.72. The summed E-state index contributed by atoms with van der Waals surface area (Å²) < 4.78 is 42.6. The number of carbonyl (C=O) groups is 2. The van der Waals surface area contributed by atoms with E-state index < -0.39 is 23.9 Å². The molecule has 6 aliphatic rings. The predicted molar refractivity (Wildman–Crippen MR) is 144 cm³/mol. The molecule has 6 fully saturated rings. The van der Waals surface area contributed by atoms with Crippen molar-refractivity contribution >= 4 is 11.8 Å². The molecular formula is C30H47F3N4O3. The van der Waals surface area contributed by atoms with Gasteiger partial charge in [-0.15, -0.1) is 0 Å². The Morgan fingerprint density at radius 3 is 1.95 bits per heavy atom. The third kappa shape index (κ3) is 5.78. The molecule has 2 N–H and O–H groups in total. The van der Waals surface area contributed by atoms with Crippen LogP contribution in [0.1, 0.15) is 89.9 Å². The number of amides is 2. The van der Waals surface area contributed by atoms with Crippen LogP contribution in [-0.2, 0) is 9.59 Å². The summed E-state index contributed by atoms with van der Waals surface area (Å²) in [4.78, 5) is 31.5. The molecular weight excluding hydrogens is 521 g/mol. The normalized spacial score (nSPS) is 37.6. The molecule has 0 radical (unpaired) electrons. The van der Waals surface area contributed by atoms with Gasteiger partial charge in [0.25, 0.3) is 5.91 Å². The fraction of sp³-hybridized carbons (Fsp3) is 0.933. The van der Waals surface area contributed by atoms with Crippen molar-refractivity contribution in [3.63, 3.8) is 0 Å². The van der Waals surface area contributed by atoms with Gasteiger partial charge in [-0.05, 0) is 82.0 Å². The first-order valence-electron chi connectivity index (χ1n) is 16.0. The Morgan fingerprint density at radius 2 is 1.35 bits per heavy atom. The highest BCUT2D eigenvalue weighted by molar-refractivity contribution is 5.88. The summed E-state index contributed by atoms with van der Waals surface area (Å²) in [5, 5.41) is 13.1. The van der Waals surface area contributed by atoms with E-state index in [1.54, 1.807) is 4.90 Å². The highest BCUT2D eigenvalue weighted by atomic mass is 19.4. The summed E-state index contributed by atoms with van der Waals surface area (Å²) in [6.45, 7) is 2.76. The Labute approximate surface area is 236 Å². The first kappa shape index (κ1) is 28.7. The molecule has 0 aromatic heterocycles. The molecule has 4 unspecified atom stereocenters. The summed E-state index contributed by atoms with van der Waals surface area (Å²) in [6.07, 6.45) is 8.21. The molecule has 226 valence electrons. The number of piperazine rings is 1. The summed E-state index contributed by atoms with van der Waals surface area (Å²) in [6, 6.07) is -1.87. The highest BCUT2D eigenvalue weighted by Crippen LogP contribution is 2.45. The first-order chi connectivity index (χ1) is 19.1. The average Bonchev–Trinajstić information content (AvgIpc) is 3.67. The minimum absolute atomic E-state index is 0.00394. The van der Waals surface area contributed by atoms with Gasteiger partial charge in [0, 0.05) is 44.7 Å². The molecule has 10 heteroatoms. The quantitative estimate of drug-likeness (QED) is 0.504. The monoisotopic (exact) mass is 568 g/mol. The summed E-state index contributed by atoms with van der Waals surface area (Å²) in [5.41, 5.74) is -1.15. The zero-order chi connectivity index (χ0) is 28.1. The van der Waals surface area contributed by atoms with Crippen LogP contribution in [0.15, 0.2) is 0 Å². The van der Waals surface area contributed by atoms with Crippen molar-refractivity contribution in [3.8, 4) is 0 Å². The fourth-order valence-electron chi connectivity index (χ4n) is 8.75. The molecule has 7 nitrogen and oxygen atoms in total. The molecule has 3 saturated heterocycles. The summed E-state index contributed by atoms with van der Waals surface area (Å²) in [7, 11) is 0. The van der Waals surface area contributed by atoms with Gasteiger partial charge in [0.15, 0.2) is 0 Å². The van der Waals surface area contributed by atoms with Gasteiger partial charge in [0.2, 0.25) is 5.91 Å². The molecule has 40 heavy (non-hydrogen) atoms. The molecule has 0 spiro atoms. The molecule has 2 amide bonds. The van der Waals surface area contributed by atoms with E-state index in [0.717, 1.165) is 83.6 Å². The van der Waals surface area contributed by atoms with Gasteiger partial charge in [-0.25, -0.2) is 0 Å². The number of aliphatic hydroxyl groups is 1. The van der Waals surface area contributed by atoms with E-state index in [2.05, 4.69) is 10.2 Å². The maximum Gasteiger partial charge on any atom is 0.405 e. The number of nitrogens with one attached hydrogen (secondary N) is 1. The largest absolute Gasteiger partial charge is 0.405 e. The Kier molecular flexibility index (Phi) is 8.16. The Morgan fingerprint density at radius 1 is 0.750 bits per heavy atom. The van der Waals surface area contributed by atoms with Gasteiger partial charge in [-0.2, -0.15) is 13.2 Å². The third-order valence-electron chi connectivity index (χ3n) is 11.3. The number of fused-ring (bicyclic) bond motifs is 1. The van der Waals surface area contributed by atoms with Gasteiger partial charge in [-0.3, -0.25) is 19.8 Å². The number of hydrogen-bond acceptors (Lipinski definition) is 5. The number of carbonyl (C=O) groups excluding carboxylic acids is 2. The fourth-order valence-corrected chi connectivity index (χ4v) is 8.75. The van der Waals surface area contributed by atoms with Crippen LogP contribution in [0.2, 0.25) is 0 Å². The van der Waals surface area contributed by atoms with Crippen molar-refractivity contribution in [1.29, 1.82) is 0 Å². The number of piperidine rings is 1. The van der Waals surface area contributed by atoms with E-state index in [9.17, 15) is 27.9 Å². The van der Waals surface area contributed by atoms with Crippen LogP contribution in [0.3, 0.4) is 0 Å². The lowest BCUT2D eigenvalue weighted by Crippen LogP contribution is -2.54. The predicted octanol–water partition coefficient (Wildman–Crippen LogP) is 3.90. The molecule has 3 saturated carbocycles. The first-order valence-corrected chi connectivity index (χ1v) is 16.0. The summed E-state index contributed by atoms with van der Waals surface area (Å²) in [5.74, 6) is 0.983. The maximum absolute atomic E-state index is 14.2. The molecule has 0 aromatic carbocycles. The maximum atomic E-state index is 14.2. The molecule has 3 aliphatic carbocycles. The molecule has 3 aliphatic heterocycles. The number of nitrogens with zero attached hydrogens (tertiary/aromatic N) is 3. The second kappa shape index (κ2) is 11.4. The van der Waals surface area contributed by atoms with E-state index in [4.69, 9.17) is 0 Å². The number of alkyl halides is 3. The van der Waals surface area contributed by atoms with E-state index in [1.165, 1.54) is 0 Å². The minimum atomic E-state index is -4.22. The van der Waals surface area contributed by atoms with Crippen molar-refractivity contribution in [2.75, 3.05) is 32.7 Å². The standard InChI is InChI=1S/C30H47F3N4O3/c31-30(32,33)26-25(21-5-3-1-2-4-6-21)37-19-23(11-12-24(37)34-26)20-7-9-22(10-8-20)27(38)35-15-17-36(18-16-35)28(39)29(40)13-14-29/h20-26,34,40H,1-19H2. The smallest absolute Gasteiger partial charge is 0.380 e. The van der Waals surface area contributed by atoms with Crippen LogP contribution in [0.25, 0.3) is 0 Å². The van der Waals surface area contributed by atoms with Gasteiger partial charge >= 0.3 is 6.18 Å². The van der Waals surface area contributed by atoms with Crippen molar-refractivity contribution in [2.45, 2.75) is 120 Å². The van der Waals surface area contributed by atoms with Crippen molar-refractivity contribution in [1.82, 2.24) is 20.0 Å². The van der Waals surface area contributed by atoms with Gasteiger partial charge in [-0.1, -0.05) is 25.7 Å². The Hall–Kier alpha value is -1.39. The second-order valence-electron chi connectivity index (χ2n) is 13.7. The number of halogens is 3. The van der Waals surface area contributed by atoms with Crippen LogP contribution >= 0.6 is 0 Å². The minimum Gasteiger partial charge on any atom is -0.380 e. The van der Waals surface area contributed by atoms with E-state index in [1.807, 2.05) is 4.90 Å². The van der Waals surface area contributed by atoms with Gasteiger partial charge in [0.05, 0.1) is 6.17 Å². The average molecular weight is 569 g/mol. The highest BCUT2D eigenvalue weighted by Gasteiger charge is 2.57. The van der Waals surface area contributed by atoms with Crippen molar-refractivity contribution in [2.24, 2.45) is 23.7 Å². The number of rotatable bonds is 4.